The molecule has 0 spiro atoms. The van der Waals surface area contributed by atoms with Crippen molar-refractivity contribution in [2.75, 3.05) is 13.2 Å². The van der Waals surface area contributed by atoms with E-state index in [1.807, 2.05) is 6.92 Å². The van der Waals surface area contributed by atoms with Crippen molar-refractivity contribution in [3.63, 3.8) is 0 Å². The van der Waals surface area contributed by atoms with Gasteiger partial charge in [0.05, 0.1) is 18.7 Å². The van der Waals surface area contributed by atoms with Gasteiger partial charge < -0.3 is 10.1 Å². The Morgan fingerprint density at radius 3 is 2.59 bits per heavy atom. The van der Waals surface area contributed by atoms with Crippen molar-refractivity contribution in [3.05, 3.63) is 17.8 Å². The van der Waals surface area contributed by atoms with Crippen LogP contribution in [0.5, 0.6) is 5.88 Å². The first-order chi connectivity index (χ1) is 8.01. The number of aromatic nitrogens is 2. The zero-order valence-electron chi connectivity index (χ0n) is 9.42. The minimum absolute atomic E-state index is 0.106. The fourth-order valence-corrected chi connectivity index (χ4v) is 1.04. The van der Waals surface area contributed by atoms with Crippen LogP contribution in [0.15, 0.2) is 12.1 Å². The molecular formula is C10H14F3N3O. The third-order valence-corrected chi connectivity index (χ3v) is 1.89. The van der Waals surface area contributed by atoms with Gasteiger partial charge >= 0.3 is 6.18 Å². The molecule has 1 rings (SSSR count). The van der Waals surface area contributed by atoms with Crippen molar-refractivity contribution in [2.24, 2.45) is 0 Å². The summed E-state index contributed by atoms with van der Waals surface area (Å²) in [5, 5.41) is 10.5. The first kappa shape index (κ1) is 13.7. The summed E-state index contributed by atoms with van der Waals surface area (Å²) in [4.78, 5) is 0. The third kappa shape index (κ3) is 6.06. The predicted octanol–water partition coefficient (Wildman–Crippen LogP) is 1.92. The van der Waals surface area contributed by atoms with Gasteiger partial charge in [0.1, 0.15) is 0 Å². The molecule has 0 atom stereocenters. The van der Waals surface area contributed by atoms with Crippen LogP contribution in [0.1, 0.15) is 19.0 Å². The van der Waals surface area contributed by atoms with Crippen molar-refractivity contribution in [2.45, 2.75) is 26.1 Å². The van der Waals surface area contributed by atoms with Gasteiger partial charge in [-0.05, 0) is 12.6 Å². The molecule has 0 saturated heterocycles. The van der Waals surface area contributed by atoms with E-state index in [4.69, 9.17) is 4.74 Å². The van der Waals surface area contributed by atoms with Gasteiger partial charge in [-0.25, -0.2) is 0 Å². The molecule has 96 valence electrons. The average molecular weight is 249 g/mol. The second-order valence-corrected chi connectivity index (χ2v) is 3.36. The van der Waals surface area contributed by atoms with Crippen LogP contribution in [0.25, 0.3) is 0 Å². The van der Waals surface area contributed by atoms with Gasteiger partial charge in [-0.15, -0.1) is 5.10 Å². The highest BCUT2D eigenvalue weighted by molar-refractivity contribution is 5.11. The van der Waals surface area contributed by atoms with E-state index < -0.39 is 19.2 Å². The summed E-state index contributed by atoms with van der Waals surface area (Å²) in [6, 6.07) is 3.18. The van der Waals surface area contributed by atoms with E-state index in [-0.39, 0.29) is 5.88 Å². The molecule has 0 aliphatic rings. The van der Waals surface area contributed by atoms with Crippen LogP contribution in [0.4, 0.5) is 13.2 Å². The van der Waals surface area contributed by atoms with Crippen LogP contribution >= 0.6 is 0 Å². The largest absolute Gasteiger partial charge is 0.476 e. The minimum atomic E-state index is -4.21. The SMILES string of the molecule is CCNCc1ccc(OCCC(F)(F)F)nn1. The summed E-state index contributed by atoms with van der Waals surface area (Å²) in [6.07, 6.45) is -5.20. The molecule has 17 heavy (non-hydrogen) atoms. The molecule has 0 amide bonds. The fourth-order valence-electron chi connectivity index (χ4n) is 1.04. The fraction of sp³-hybridized carbons (Fsp3) is 0.600. The maximum absolute atomic E-state index is 11.8. The van der Waals surface area contributed by atoms with Crippen molar-refractivity contribution in [1.82, 2.24) is 15.5 Å². The maximum atomic E-state index is 11.8. The molecule has 0 saturated carbocycles. The van der Waals surface area contributed by atoms with E-state index in [1.54, 1.807) is 6.07 Å². The van der Waals surface area contributed by atoms with E-state index in [1.165, 1.54) is 6.07 Å². The van der Waals surface area contributed by atoms with E-state index in [2.05, 4.69) is 15.5 Å². The van der Waals surface area contributed by atoms with Crippen LogP contribution in [0.3, 0.4) is 0 Å². The van der Waals surface area contributed by atoms with E-state index in [0.717, 1.165) is 12.2 Å². The monoisotopic (exact) mass is 249 g/mol. The molecule has 1 heterocycles. The summed E-state index contributed by atoms with van der Waals surface area (Å²) >= 11 is 0. The molecule has 4 nitrogen and oxygen atoms in total. The van der Waals surface area contributed by atoms with Gasteiger partial charge in [0.2, 0.25) is 5.88 Å². The lowest BCUT2D eigenvalue weighted by Crippen LogP contribution is -2.15. The van der Waals surface area contributed by atoms with Crippen LogP contribution in [-0.4, -0.2) is 29.5 Å². The van der Waals surface area contributed by atoms with E-state index in [9.17, 15) is 13.2 Å². The molecule has 1 N–H and O–H groups in total. The highest BCUT2D eigenvalue weighted by Crippen LogP contribution is 2.19. The molecular weight excluding hydrogens is 235 g/mol. The smallest absolute Gasteiger partial charge is 0.392 e. The van der Waals surface area contributed by atoms with Crippen LogP contribution in [0, 0.1) is 0 Å². The number of hydrogen-bond acceptors (Lipinski definition) is 4. The summed E-state index contributed by atoms with van der Waals surface area (Å²) in [5.41, 5.74) is 0.718. The second kappa shape index (κ2) is 6.39. The number of alkyl halides is 3. The van der Waals surface area contributed by atoms with Crippen LogP contribution in [0.2, 0.25) is 0 Å². The Balaban J connectivity index is 2.35. The number of hydrogen-bond donors (Lipinski definition) is 1. The minimum Gasteiger partial charge on any atom is -0.476 e. The quantitative estimate of drug-likeness (QED) is 0.836. The summed E-state index contributed by atoms with van der Waals surface area (Å²) in [7, 11) is 0. The van der Waals surface area contributed by atoms with Crippen molar-refractivity contribution in [1.29, 1.82) is 0 Å². The molecule has 0 aromatic carbocycles. The van der Waals surface area contributed by atoms with Crippen LogP contribution in [-0.2, 0) is 6.54 Å². The molecule has 0 bridgehead atoms. The third-order valence-electron chi connectivity index (χ3n) is 1.89. The molecule has 0 aliphatic heterocycles. The molecule has 7 heteroatoms. The lowest BCUT2D eigenvalue weighted by molar-refractivity contribution is -0.139. The number of rotatable bonds is 6. The van der Waals surface area contributed by atoms with Gasteiger partial charge in [-0.2, -0.15) is 18.3 Å². The molecule has 0 fully saturated rings. The Hall–Kier alpha value is -1.37. The van der Waals surface area contributed by atoms with Gasteiger partial charge in [-0.3, -0.25) is 0 Å². The first-order valence-corrected chi connectivity index (χ1v) is 5.24. The Labute approximate surface area is 97.2 Å². The number of nitrogens with one attached hydrogen (secondary N) is 1. The molecule has 1 aromatic heterocycles. The Bertz CT molecular complexity index is 327. The zero-order valence-corrected chi connectivity index (χ0v) is 9.42. The van der Waals surface area contributed by atoms with Crippen LogP contribution < -0.4 is 10.1 Å². The van der Waals surface area contributed by atoms with E-state index in [0.29, 0.717) is 6.54 Å². The van der Waals surface area contributed by atoms with Gasteiger partial charge in [0, 0.05) is 12.6 Å². The lowest BCUT2D eigenvalue weighted by Gasteiger charge is -2.07. The zero-order chi connectivity index (χ0) is 12.7. The topological polar surface area (TPSA) is 47.0 Å². The highest BCUT2D eigenvalue weighted by atomic mass is 19.4. The Morgan fingerprint density at radius 1 is 1.29 bits per heavy atom. The standard InChI is InChI=1S/C10H14F3N3O/c1-2-14-7-8-3-4-9(16-15-8)17-6-5-10(11,12)13/h3-4,14H,2,5-7H2,1H3. The van der Waals surface area contributed by atoms with E-state index >= 15 is 0 Å². The first-order valence-electron chi connectivity index (χ1n) is 5.24. The molecule has 0 unspecified atom stereocenters. The Kier molecular flexibility index (Phi) is 5.14. The van der Waals surface area contributed by atoms with Gasteiger partial charge in [-0.1, -0.05) is 6.92 Å². The predicted molar refractivity (Wildman–Crippen MR) is 55.6 cm³/mol. The summed E-state index contributed by atoms with van der Waals surface area (Å²) in [5.74, 6) is 0.106. The lowest BCUT2D eigenvalue weighted by atomic mass is 10.4. The number of halogens is 3. The van der Waals surface area contributed by atoms with Crippen molar-refractivity contribution < 1.29 is 17.9 Å². The molecule has 0 aliphatic carbocycles. The number of nitrogens with zero attached hydrogens (tertiary/aromatic N) is 2. The van der Waals surface area contributed by atoms with Gasteiger partial charge in [0.15, 0.2) is 0 Å². The van der Waals surface area contributed by atoms with Crippen molar-refractivity contribution >= 4 is 0 Å². The Morgan fingerprint density at radius 2 is 2.06 bits per heavy atom. The average Bonchev–Trinajstić information content (AvgIpc) is 2.26. The molecule has 1 aromatic rings. The maximum Gasteiger partial charge on any atom is 0.392 e. The normalized spacial score (nSPS) is 11.5. The number of ether oxygens (including phenoxy) is 1. The van der Waals surface area contributed by atoms with Crippen molar-refractivity contribution in [3.8, 4) is 5.88 Å². The second-order valence-electron chi connectivity index (χ2n) is 3.36. The summed E-state index contributed by atoms with van der Waals surface area (Å²) < 4.78 is 40.3. The highest BCUT2D eigenvalue weighted by Gasteiger charge is 2.26. The molecule has 0 radical (unpaired) electrons. The summed E-state index contributed by atoms with van der Waals surface area (Å²) in [6.45, 7) is 2.91. The van der Waals surface area contributed by atoms with Gasteiger partial charge in [0.25, 0.3) is 0 Å².